The molecular formula is C18H29KO10S2. The van der Waals surface area contributed by atoms with Crippen molar-refractivity contribution in [2.75, 3.05) is 43.7 Å². The van der Waals surface area contributed by atoms with Gasteiger partial charge in [0.15, 0.2) is 0 Å². The number of carbonyl (C=O) groups is 3. The summed E-state index contributed by atoms with van der Waals surface area (Å²) < 4.78 is 46.3. The van der Waals surface area contributed by atoms with E-state index in [1.165, 1.54) is 11.8 Å². The molecule has 0 saturated carbocycles. The van der Waals surface area contributed by atoms with E-state index in [-0.39, 0.29) is 97.1 Å². The number of esters is 3. The minimum Gasteiger partial charge on any atom is -0.748 e. The van der Waals surface area contributed by atoms with E-state index in [1.807, 2.05) is 0 Å². The van der Waals surface area contributed by atoms with Crippen LogP contribution in [0.1, 0.15) is 33.1 Å². The fourth-order valence-corrected chi connectivity index (χ4v) is 3.33. The standard InChI is InChI=1S/C18H30O10S2.K/c1-14(11-27-15(20)5-7-19)12-28-16(21)6-9-29-13-18(2,3)17(22)26-8-4-10-30(23,24)25;/h19H,1,4-13H2,2-3H3,(H,23,24,25);/q;+1/p-1. The Hall–Kier alpha value is 0.00636. The van der Waals surface area contributed by atoms with E-state index >= 15 is 0 Å². The van der Waals surface area contributed by atoms with Gasteiger partial charge in [0.05, 0.1) is 41.6 Å². The molecule has 0 aromatic heterocycles. The maximum absolute atomic E-state index is 12.0. The van der Waals surface area contributed by atoms with E-state index in [1.54, 1.807) is 13.8 Å². The molecule has 174 valence electrons. The smallest absolute Gasteiger partial charge is 0.748 e. The maximum atomic E-state index is 12.0. The molecule has 0 aromatic rings. The normalized spacial score (nSPS) is 11.2. The van der Waals surface area contributed by atoms with E-state index < -0.39 is 39.2 Å². The van der Waals surface area contributed by atoms with Crippen molar-refractivity contribution in [2.45, 2.75) is 33.1 Å². The summed E-state index contributed by atoms with van der Waals surface area (Å²) in [5.41, 5.74) is -0.451. The van der Waals surface area contributed by atoms with Gasteiger partial charge in [0.25, 0.3) is 0 Å². The maximum Gasteiger partial charge on any atom is 1.00 e. The Morgan fingerprint density at radius 2 is 1.61 bits per heavy atom. The summed E-state index contributed by atoms with van der Waals surface area (Å²) in [7, 11) is -4.33. The minimum atomic E-state index is -4.33. The van der Waals surface area contributed by atoms with Crippen LogP contribution >= 0.6 is 11.8 Å². The summed E-state index contributed by atoms with van der Waals surface area (Å²) >= 11 is 1.35. The molecule has 0 heterocycles. The Morgan fingerprint density at radius 3 is 2.13 bits per heavy atom. The molecule has 0 amide bonds. The summed E-state index contributed by atoms with van der Waals surface area (Å²) in [4.78, 5) is 34.8. The van der Waals surface area contributed by atoms with Crippen molar-refractivity contribution in [3.05, 3.63) is 12.2 Å². The molecule has 0 aliphatic heterocycles. The van der Waals surface area contributed by atoms with Gasteiger partial charge in [-0.25, -0.2) is 8.42 Å². The molecule has 0 unspecified atom stereocenters. The van der Waals surface area contributed by atoms with Gasteiger partial charge in [-0.05, 0) is 25.8 Å². The van der Waals surface area contributed by atoms with Crippen molar-refractivity contribution in [3.8, 4) is 0 Å². The number of hydrogen-bond donors (Lipinski definition) is 1. The van der Waals surface area contributed by atoms with Gasteiger partial charge in [0.2, 0.25) is 0 Å². The third-order valence-corrected chi connectivity index (χ3v) is 5.64. The molecule has 0 bridgehead atoms. The summed E-state index contributed by atoms with van der Waals surface area (Å²) in [6.45, 7) is 6.30. The first-order chi connectivity index (χ1) is 13.9. The zero-order chi connectivity index (χ0) is 23.2. The van der Waals surface area contributed by atoms with Crippen molar-refractivity contribution < 1.29 is 98.1 Å². The van der Waals surface area contributed by atoms with Gasteiger partial charge >= 0.3 is 69.3 Å². The summed E-state index contributed by atoms with van der Waals surface area (Å²) in [5, 5.41) is 8.59. The van der Waals surface area contributed by atoms with Gasteiger partial charge in [-0.15, -0.1) is 0 Å². The predicted molar refractivity (Wildman–Crippen MR) is 109 cm³/mol. The number of ether oxygens (including phenoxy) is 3. The van der Waals surface area contributed by atoms with Crippen LogP contribution in [-0.4, -0.2) is 79.7 Å². The molecule has 0 fully saturated rings. The van der Waals surface area contributed by atoms with Gasteiger partial charge in [0.1, 0.15) is 13.2 Å². The SMILES string of the molecule is C=C(COC(=O)CCO)COC(=O)CCSCC(C)(C)C(=O)OCCCS(=O)(=O)[O-].[K+]. The van der Waals surface area contributed by atoms with Crippen molar-refractivity contribution in [1.82, 2.24) is 0 Å². The van der Waals surface area contributed by atoms with E-state index in [9.17, 15) is 27.4 Å². The number of carbonyl (C=O) groups excluding carboxylic acids is 3. The van der Waals surface area contributed by atoms with Gasteiger partial charge < -0.3 is 23.9 Å². The van der Waals surface area contributed by atoms with Crippen LogP contribution in [0.5, 0.6) is 0 Å². The monoisotopic (exact) mass is 508 g/mol. The van der Waals surface area contributed by atoms with Crippen molar-refractivity contribution >= 4 is 39.8 Å². The van der Waals surface area contributed by atoms with Crippen LogP contribution < -0.4 is 51.4 Å². The van der Waals surface area contributed by atoms with Crippen molar-refractivity contribution in [1.29, 1.82) is 0 Å². The van der Waals surface area contributed by atoms with Crippen LogP contribution in [0.3, 0.4) is 0 Å². The van der Waals surface area contributed by atoms with Crippen LogP contribution in [0.15, 0.2) is 12.2 Å². The Labute approximate surface area is 230 Å². The molecule has 1 N–H and O–H groups in total. The molecule has 0 aromatic carbocycles. The quantitative estimate of drug-likeness (QED) is 0.0594. The molecule has 0 aliphatic carbocycles. The van der Waals surface area contributed by atoms with Crippen molar-refractivity contribution in [3.63, 3.8) is 0 Å². The van der Waals surface area contributed by atoms with Gasteiger partial charge in [-0.3, -0.25) is 14.4 Å². The molecule has 0 saturated heterocycles. The fourth-order valence-electron chi connectivity index (χ4n) is 1.78. The fraction of sp³-hybridized carbons (Fsp3) is 0.722. The van der Waals surface area contributed by atoms with Crippen molar-refractivity contribution in [2.24, 2.45) is 5.41 Å². The second kappa shape index (κ2) is 17.5. The first-order valence-electron chi connectivity index (χ1n) is 9.14. The van der Waals surface area contributed by atoms with Gasteiger partial charge in [-0.2, -0.15) is 11.8 Å². The van der Waals surface area contributed by atoms with E-state index in [4.69, 9.17) is 19.3 Å². The molecule has 0 spiro atoms. The minimum absolute atomic E-state index is 0. The third-order valence-electron chi connectivity index (χ3n) is 3.43. The predicted octanol–water partition coefficient (Wildman–Crippen LogP) is -2.36. The molecule has 13 heteroatoms. The second-order valence-electron chi connectivity index (χ2n) is 6.98. The van der Waals surface area contributed by atoms with E-state index in [0.717, 1.165) is 0 Å². The molecule has 10 nitrogen and oxygen atoms in total. The molecule has 0 rings (SSSR count). The van der Waals surface area contributed by atoms with Crippen LogP contribution in [0, 0.1) is 5.41 Å². The number of hydrogen-bond acceptors (Lipinski definition) is 11. The van der Waals surface area contributed by atoms with Crippen LogP contribution in [0.2, 0.25) is 0 Å². The van der Waals surface area contributed by atoms with Crippen LogP contribution in [0.4, 0.5) is 0 Å². The summed E-state index contributed by atoms with van der Waals surface area (Å²) in [5.74, 6) is -1.38. The molecule has 0 atom stereocenters. The van der Waals surface area contributed by atoms with Gasteiger partial charge in [0, 0.05) is 17.3 Å². The Bertz CT molecular complexity index is 691. The molecule has 0 radical (unpaired) electrons. The largest absolute Gasteiger partial charge is 1.00 e. The first-order valence-corrected chi connectivity index (χ1v) is 11.9. The van der Waals surface area contributed by atoms with Crippen LogP contribution in [0.25, 0.3) is 0 Å². The number of aliphatic hydroxyl groups is 1. The summed E-state index contributed by atoms with van der Waals surface area (Å²) in [6.07, 6.45) is -0.0659. The number of rotatable bonds is 16. The second-order valence-corrected chi connectivity index (χ2v) is 9.61. The van der Waals surface area contributed by atoms with E-state index in [0.29, 0.717) is 17.1 Å². The zero-order valence-corrected chi connectivity index (χ0v) is 23.0. The summed E-state index contributed by atoms with van der Waals surface area (Å²) in [6, 6.07) is 0. The topological polar surface area (TPSA) is 156 Å². The Morgan fingerprint density at radius 1 is 1.06 bits per heavy atom. The molecule has 0 aliphatic rings. The molecule has 31 heavy (non-hydrogen) atoms. The van der Waals surface area contributed by atoms with Crippen LogP contribution in [-0.2, 0) is 38.7 Å². The van der Waals surface area contributed by atoms with Gasteiger partial charge in [-0.1, -0.05) is 6.58 Å². The molecular weight excluding hydrogens is 479 g/mol. The number of thioether (sulfide) groups is 1. The Balaban J connectivity index is 0. The zero-order valence-electron chi connectivity index (χ0n) is 18.2. The Kier molecular flexibility index (Phi) is 18.7. The average Bonchev–Trinajstić information content (AvgIpc) is 2.64. The van der Waals surface area contributed by atoms with E-state index in [2.05, 4.69) is 6.58 Å². The third kappa shape index (κ3) is 19.2. The average molecular weight is 509 g/mol. The number of aliphatic hydroxyl groups excluding tert-OH is 1. The first kappa shape index (κ1) is 33.2.